The Hall–Kier alpha value is -5.66. The highest BCUT2D eigenvalue weighted by molar-refractivity contribution is 7.91. The van der Waals surface area contributed by atoms with Gasteiger partial charge in [0.2, 0.25) is 23.5 Å². The third kappa shape index (κ3) is 11.3. The Bertz CT molecular complexity index is 2710. The number of pyridine rings is 2. The number of aromatic nitrogens is 12. The lowest BCUT2D eigenvalue weighted by Gasteiger charge is -2.21. The number of methoxy groups -OCH3 is 4. The largest absolute Gasteiger partial charge is 0.479 e. The lowest BCUT2D eigenvalue weighted by atomic mass is 10.0. The molecule has 6 aromatic rings. The van der Waals surface area contributed by atoms with Crippen LogP contribution in [0.25, 0.3) is 11.4 Å². The molecule has 2 aliphatic rings. The van der Waals surface area contributed by atoms with Gasteiger partial charge in [0, 0.05) is 60.7 Å². The Kier molecular flexibility index (Phi) is 16.9. The quantitative estimate of drug-likeness (QED) is 0.103. The molecule has 0 radical (unpaired) electrons. The molecule has 0 bridgehead atoms. The fraction of sp³-hybridized carbons (Fsp3) is 0.500. The lowest BCUT2D eigenvalue weighted by molar-refractivity contribution is 0.193. The van der Waals surface area contributed by atoms with Crippen LogP contribution >= 0.6 is 23.2 Å². The van der Waals surface area contributed by atoms with Gasteiger partial charge in [-0.1, -0.05) is 37.0 Å². The Labute approximate surface area is 415 Å². The molecule has 376 valence electrons. The van der Waals surface area contributed by atoms with Gasteiger partial charge in [-0.05, 0) is 51.0 Å². The summed E-state index contributed by atoms with van der Waals surface area (Å²) in [5.74, 6) is 0.698. The summed E-state index contributed by atoms with van der Waals surface area (Å²) in [4.78, 5) is 25.3. The Balaban J connectivity index is 0.000000206. The van der Waals surface area contributed by atoms with Crippen LogP contribution < -0.4 is 18.9 Å². The van der Waals surface area contributed by atoms with Crippen molar-refractivity contribution in [2.75, 3.05) is 54.9 Å². The van der Waals surface area contributed by atoms with Gasteiger partial charge in [-0.2, -0.15) is 19.9 Å². The van der Waals surface area contributed by atoms with Crippen molar-refractivity contribution in [2.45, 2.75) is 86.2 Å². The van der Waals surface area contributed by atoms with Crippen molar-refractivity contribution in [1.82, 2.24) is 59.4 Å². The van der Waals surface area contributed by atoms with E-state index >= 15 is 0 Å². The molecule has 8 rings (SSSR count). The molecule has 2 aliphatic heterocycles. The standard InChI is InChI=1S/2C22H27ClN6O5S/c2*1-13(17-6-5-16(23)9-24-17)14(2)35(30,31)11-18-27-28-20(15-7-8-34-10-15)29(18)19-21(32-3)25-12-26-22(19)33-4/h2*5-6,9,12-15H,7-8,10-11H2,1-4H3/t13-,14-,15+;13-,14-,15-/m00/s1. The minimum Gasteiger partial charge on any atom is -0.479 e. The fourth-order valence-corrected chi connectivity index (χ4v) is 11.4. The van der Waals surface area contributed by atoms with E-state index in [1.54, 1.807) is 47.2 Å². The zero-order valence-electron chi connectivity index (χ0n) is 39.8. The van der Waals surface area contributed by atoms with Crippen molar-refractivity contribution >= 4 is 42.9 Å². The molecule has 2 saturated heterocycles. The van der Waals surface area contributed by atoms with E-state index in [1.807, 2.05) is 13.8 Å². The lowest BCUT2D eigenvalue weighted by Crippen LogP contribution is -2.27. The van der Waals surface area contributed by atoms with Crippen LogP contribution in [0.15, 0.2) is 49.3 Å². The average molecular weight is 1050 g/mol. The molecule has 6 aromatic heterocycles. The van der Waals surface area contributed by atoms with E-state index in [0.717, 1.165) is 12.8 Å². The highest BCUT2D eigenvalue weighted by Crippen LogP contribution is 2.38. The predicted octanol–water partition coefficient (Wildman–Crippen LogP) is 5.47. The molecule has 0 N–H and O–H groups in total. The van der Waals surface area contributed by atoms with Crippen LogP contribution in [0.4, 0.5) is 0 Å². The Morgan fingerprint density at radius 3 is 1.21 bits per heavy atom. The van der Waals surface area contributed by atoms with Gasteiger partial charge in [-0.25, -0.2) is 16.8 Å². The SMILES string of the molecule is COc1ncnc(OC)c1-n1c(CS(=O)(=O)[C@@H](C)[C@H](C)c2ccc(Cl)cn2)nnc1[C@@H]1CCOC1.COc1ncnc(OC)c1-n1c(CS(=O)(=O)[C@@H](C)[C@H](C)c2ccc(Cl)cn2)nnc1[C@H]1CCOC1. The van der Waals surface area contributed by atoms with E-state index in [4.69, 9.17) is 51.6 Å². The van der Waals surface area contributed by atoms with E-state index in [1.165, 1.54) is 53.5 Å². The van der Waals surface area contributed by atoms with Gasteiger partial charge in [0.1, 0.15) is 35.8 Å². The minimum absolute atomic E-state index is 0.0804. The summed E-state index contributed by atoms with van der Waals surface area (Å²) >= 11 is 11.9. The first kappa shape index (κ1) is 52.2. The van der Waals surface area contributed by atoms with Crippen molar-refractivity contribution in [3.05, 3.63) is 94.0 Å². The topological polar surface area (TPSA) is 262 Å². The van der Waals surface area contributed by atoms with E-state index in [-0.39, 0.29) is 70.3 Å². The molecule has 8 heterocycles. The maximum Gasteiger partial charge on any atom is 0.245 e. The highest BCUT2D eigenvalue weighted by atomic mass is 35.5. The van der Waals surface area contributed by atoms with E-state index in [9.17, 15) is 16.8 Å². The van der Waals surface area contributed by atoms with Crippen LogP contribution in [0, 0.1) is 0 Å². The summed E-state index contributed by atoms with van der Waals surface area (Å²) in [6.07, 6.45) is 7.07. The smallest absolute Gasteiger partial charge is 0.245 e. The van der Waals surface area contributed by atoms with Gasteiger partial charge < -0.3 is 28.4 Å². The van der Waals surface area contributed by atoms with Gasteiger partial charge in [0.25, 0.3) is 0 Å². The van der Waals surface area contributed by atoms with Crippen molar-refractivity contribution < 1.29 is 45.3 Å². The third-order valence-corrected chi connectivity index (χ3v) is 17.3. The van der Waals surface area contributed by atoms with Crippen molar-refractivity contribution in [2.24, 2.45) is 0 Å². The summed E-state index contributed by atoms with van der Waals surface area (Å²) in [6, 6.07) is 6.86. The summed E-state index contributed by atoms with van der Waals surface area (Å²) < 4.78 is 90.4. The monoisotopic (exact) mass is 1040 g/mol. The number of rotatable bonds is 18. The number of ether oxygens (including phenoxy) is 6. The number of hydrogen-bond acceptors (Lipinski definition) is 20. The molecule has 0 amide bonds. The first-order valence-corrected chi connectivity index (χ1v) is 26.3. The molecule has 0 spiro atoms. The van der Waals surface area contributed by atoms with E-state index in [2.05, 4.69) is 50.3 Å². The molecule has 22 nitrogen and oxygen atoms in total. The highest BCUT2D eigenvalue weighted by Gasteiger charge is 2.37. The Morgan fingerprint density at radius 1 is 0.571 bits per heavy atom. The summed E-state index contributed by atoms with van der Waals surface area (Å²) in [5, 5.41) is 16.7. The van der Waals surface area contributed by atoms with Crippen LogP contribution in [0.3, 0.4) is 0 Å². The van der Waals surface area contributed by atoms with Gasteiger partial charge in [0.05, 0.1) is 62.2 Å². The van der Waals surface area contributed by atoms with Gasteiger partial charge >= 0.3 is 0 Å². The van der Waals surface area contributed by atoms with Gasteiger partial charge in [0.15, 0.2) is 42.7 Å². The van der Waals surface area contributed by atoms with E-state index in [0.29, 0.717) is 70.9 Å². The molecular weight excluding hydrogens is 992 g/mol. The molecular formula is C44H54Cl2N12O10S2. The maximum atomic E-state index is 13.6. The first-order valence-electron chi connectivity index (χ1n) is 22.1. The third-order valence-electron chi connectivity index (χ3n) is 12.5. The average Bonchev–Trinajstić information content (AvgIpc) is 4.22. The van der Waals surface area contributed by atoms with Crippen LogP contribution in [0.5, 0.6) is 23.5 Å². The normalized spacial score (nSPS) is 17.8. The summed E-state index contributed by atoms with van der Waals surface area (Å²) in [6.45, 7) is 9.01. The molecule has 70 heavy (non-hydrogen) atoms. The number of nitrogens with zero attached hydrogens (tertiary/aromatic N) is 12. The summed E-state index contributed by atoms with van der Waals surface area (Å²) in [7, 11) is -1.54. The maximum absolute atomic E-state index is 13.6. The molecule has 6 atom stereocenters. The Morgan fingerprint density at radius 2 is 0.929 bits per heavy atom. The predicted molar refractivity (Wildman–Crippen MR) is 256 cm³/mol. The van der Waals surface area contributed by atoms with Gasteiger partial charge in [-0.15, -0.1) is 20.4 Å². The zero-order chi connectivity index (χ0) is 50.3. The number of hydrogen-bond donors (Lipinski definition) is 0. The molecule has 0 unspecified atom stereocenters. The first-order chi connectivity index (χ1) is 33.5. The number of halogens is 2. The molecule has 26 heteroatoms. The van der Waals surface area contributed by atoms with Crippen molar-refractivity contribution in [1.29, 1.82) is 0 Å². The van der Waals surface area contributed by atoms with Crippen LogP contribution in [-0.2, 0) is 40.7 Å². The minimum atomic E-state index is -3.70. The second-order valence-corrected chi connectivity index (χ2v) is 22.2. The molecule has 0 aliphatic carbocycles. The van der Waals surface area contributed by atoms with Crippen LogP contribution in [0.2, 0.25) is 10.0 Å². The fourth-order valence-electron chi connectivity index (χ4n) is 8.05. The zero-order valence-corrected chi connectivity index (χ0v) is 42.9. The molecule has 0 aromatic carbocycles. The van der Waals surface area contributed by atoms with E-state index < -0.39 is 30.2 Å². The van der Waals surface area contributed by atoms with Crippen LogP contribution in [0.1, 0.15) is 98.9 Å². The second kappa shape index (κ2) is 22.6. The second-order valence-electron chi connectivity index (χ2n) is 16.6. The molecule has 2 fully saturated rings. The van der Waals surface area contributed by atoms with Crippen molar-refractivity contribution in [3.8, 4) is 34.9 Å². The summed E-state index contributed by atoms with van der Waals surface area (Å²) in [5.41, 5.74) is 1.95. The number of sulfone groups is 2. The van der Waals surface area contributed by atoms with Crippen molar-refractivity contribution in [3.63, 3.8) is 0 Å². The van der Waals surface area contributed by atoms with Crippen LogP contribution in [-0.4, -0.2) is 142 Å². The molecule has 0 saturated carbocycles. The van der Waals surface area contributed by atoms with Gasteiger partial charge in [-0.3, -0.25) is 19.1 Å².